The highest BCUT2D eigenvalue weighted by Crippen LogP contribution is 2.01. The number of hydrogen-bond acceptors (Lipinski definition) is 4. The van der Waals surface area contributed by atoms with Gasteiger partial charge in [0, 0.05) is 12.6 Å². The van der Waals surface area contributed by atoms with Gasteiger partial charge in [-0.05, 0) is 13.8 Å². The summed E-state index contributed by atoms with van der Waals surface area (Å²) >= 11 is 5.57. The molecule has 1 N–H and O–H groups in total. The molecule has 0 aliphatic carbocycles. The molecule has 1 heterocycles. The minimum Gasteiger partial charge on any atom is -0.380 e. The number of halogens is 1. The molecule has 0 saturated heterocycles. The monoisotopic (exact) mass is 243 g/mol. The molecule has 1 atom stereocenters. The molecule has 16 heavy (non-hydrogen) atoms. The SMILES string of the molecule is CCOCC(C)NC(=O)c1cnc(Cl)cn1. The van der Waals surface area contributed by atoms with Crippen molar-refractivity contribution in [1.82, 2.24) is 15.3 Å². The van der Waals surface area contributed by atoms with E-state index in [0.29, 0.717) is 13.2 Å². The van der Waals surface area contributed by atoms with Crippen LogP contribution < -0.4 is 5.32 Å². The molecular weight excluding hydrogens is 230 g/mol. The van der Waals surface area contributed by atoms with Crippen LogP contribution in [-0.2, 0) is 4.74 Å². The lowest BCUT2D eigenvalue weighted by Gasteiger charge is -2.12. The number of hydrogen-bond donors (Lipinski definition) is 1. The van der Waals surface area contributed by atoms with E-state index in [2.05, 4.69) is 15.3 Å². The molecule has 1 amide bonds. The number of aromatic nitrogens is 2. The predicted molar refractivity (Wildman–Crippen MR) is 60.5 cm³/mol. The minimum atomic E-state index is -0.281. The van der Waals surface area contributed by atoms with Gasteiger partial charge in [-0.3, -0.25) is 4.79 Å². The summed E-state index contributed by atoms with van der Waals surface area (Å²) in [5.74, 6) is -0.281. The topological polar surface area (TPSA) is 64.1 Å². The lowest BCUT2D eigenvalue weighted by atomic mass is 10.3. The fourth-order valence-electron chi connectivity index (χ4n) is 1.06. The van der Waals surface area contributed by atoms with Gasteiger partial charge < -0.3 is 10.1 Å². The van der Waals surface area contributed by atoms with Crippen molar-refractivity contribution < 1.29 is 9.53 Å². The smallest absolute Gasteiger partial charge is 0.271 e. The Bertz CT molecular complexity index is 342. The van der Waals surface area contributed by atoms with Crippen LogP contribution in [0.4, 0.5) is 0 Å². The van der Waals surface area contributed by atoms with Crippen LogP contribution in [0.25, 0.3) is 0 Å². The highest BCUT2D eigenvalue weighted by atomic mass is 35.5. The first-order valence-electron chi connectivity index (χ1n) is 4.99. The maximum atomic E-state index is 11.6. The average molecular weight is 244 g/mol. The van der Waals surface area contributed by atoms with Gasteiger partial charge in [0.1, 0.15) is 10.8 Å². The number of nitrogens with one attached hydrogen (secondary N) is 1. The van der Waals surface area contributed by atoms with Crippen LogP contribution >= 0.6 is 11.6 Å². The number of ether oxygens (including phenoxy) is 1. The van der Waals surface area contributed by atoms with Crippen LogP contribution in [0.1, 0.15) is 24.3 Å². The maximum absolute atomic E-state index is 11.6. The Labute approximate surface area is 99.2 Å². The summed E-state index contributed by atoms with van der Waals surface area (Å²) in [5, 5.41) is 3.00. The van der Waals surface area contributed by atoms with Gasteiger partial charge >= 0.3 is 0 Å². The molecule has 0 fully saturated rings. The molecule has 0 aliphatic rings. The van der Waals surface area contributed by atoms with Crippen molar-refractivity contribution in [3.63, 3.8) is 0 Å². The van der Waals surface area contributed by atoms with Crippen molar-refractivity contribution in [3.05, 3.63) is 23.2 Å². The molecule has 0 aromatic carbocycles. The number of rotatable bonds is 5. The molecule has 0 bridgehead atoms. The molecule has 1 aromatic heterocycles. The molecule has 0 saturated carbocycles. The fourth-order valence-corrected chi connectivity index (χ4v) is 1.16. The van der Waals surface area contributed by atoms with Gasteiger partial charge in [0.15, 0.2) is 0 Å². The lowest BCUT2D eigenvalue weighted by molar-refractivity contribution is 0.0867. The van der Waals surface area contributed by atoms with Gasteiger partial charge in [0.05, 0.1) is 19.0 Å². The molecule has 1 rings (SSSR count). The van der Waals surface area contributed by atoms with E-state index >= 15 is 0 Å². The van der Waals surface area contributed by atoms with E-state index in [1.54, 1.807) is 0 Å². The largest absolute Gasteiger partial charge is 0.380 e. The summed E-state index contributed by atoms with van der Waals surface area (Å²) in [6.07, 6.45) is 2.68. The van der Waals surface area contributed by atoms with Crippen molar-refractivity contribution >= 4 is 17.5 Å². The summed E-state index contributed by atoms with van der Waals surface area (Å²) in [6, 6.07) is -0.0649. The van der Waals surface area contributed by atoms with Crippen molar-refractivity contribution in [1.29, 1.82) is 0 Å². The molecule has 1 unspecified atom stereocenters. The van der Waals surface area contributed by atoms with Gasteiger partial charge in [-0.2, -0.15) is 0 Å². The quantitative estimate of drug-likeness (QED) is 0.846. The lowest BCUT2D eigenvalue weighted by Crippen LogP contribution is -2.36. The van der Waals surface area contributed by atoms with Gasteiger partial charge in [0.25, 0.3) is 5.91 Å². The van der Waals surface area contributed by atoms with Crippen LogP contribution in [0.15, 0.2) is 12.4 Å². The summed E-state index contributed by atoms with van der Waals surface area (Å²) in [6.45, 7) is 4.86. The third-order valence-corrected chi connectivity index (χ3v) is 2.00. The molecule has 0 radical (unpaired) electrons. The Kier molecular flexibility index (Phi) is 5.14. The summed E-state index contributed by atoms with van der Waals surface area (Å²) < 4.78 is 5.18. The first-order valence-corrected chi connectivity index (χ1v) is 5.37. The van der Waals surface area contributed by atoms with E-state index in [0.717, 1.165) is 0 Å². The zero-order chi connectivity index (χ0) is 12.0. The third kappa shape index (κ3) is 4.12. The zero-order valence-electron chi connectivity index (χ0n) is 9.24. The van der Waals surface area contributed by atoms with E-state index in [-0.39, 0.29) is 22.8 Å². The maximum Gasteiger partial charge on any atom is 0.271 e. The fraction of sp³-hybridized carbons (Fsp3) is 0.500. The van der Waals surface area contributed by atoms with E-state index < -0.39 is 0 Å². The Morgan fingerprint density at radius 2 is 2.31 bits per heavy atom. The Balaban J connectivity index is 2.48. The third-order valence-electron chi connectivity index (χ3n) is 1.80. The predicted octanol–water partition coefficient (Wildman–Crippen LogP) is 1.28. The van der Waals surface area contributed by atoms with Gasteiger partial charge in [-0.25, -0.2) is 9.97 Å². The standard InChI is InChI=1S/C10H14ClN3O2/c1-3-16-6-7(2)14-10(15)8-4-13-9(11)5-12-8/h4-5,7H,3,6H2,1-2H3,(H,14,15). The highest BCUT2D eigenvalue weighted by Gasteiger charge is 2.11. The molecular formula is C10H14ClN3O2. The van der Waals surface area contributed by atoms with Crippen LogP contribution in [0.3, 0.4) is 0 Å². The minimum absolute atomic E-state index is 0.0649. The van der Waals surface area contributed by atoms with Crippen LogP contribution in [0.2, 0.25) is 5.15 Å². The number of amides is 1. The zero-order valence-corrected chi connectivity index (χ0v) is 9.99. The van der Waals surface area contributed by atoms with Crippen LogP contribution in [-0.4, -0.2) is 35.1 Å². The number of carbonyl (C=O) groups excluding carboxylic acids is 1. The Morgan fingerprint density at radius 1 is 1.56 bits per heavy atom. The van der Waals surface area contributed by atoms with E-state index in [1.165, 1.54) is 12.4 Å². The molecule has 1 aromatic rings. The van der Waals surface area contributed by atoms with Gasteiger partial charge in [-0.15, -0.1) is 0 Å². The second kappa shape index (κ2) is 6.40. The first-order chi connectivity index (χ1) is 7.63. The summed E-state index contributed by atoms with van der Waals surface area (Å²) in [7, 11) is 0. The highest BCUT2D eigenvalue weighted by molar-refractivity contribution is 6.29. The second-order valence-corrected chi connectivity index (χ2v) is 3.65. The van der Waals surface area contributed by atoms with E-state index in [1.807, 2.05) is 13.8 Å². The van der Waals surface area contributed by atoms with Gasteiger partial charge in [0.2, 0.25) is 0 Å². The van der Waals surface area contributed by atoms with Crippen molar-refractivity contribution in [2.45, 2.75) is 19.9 Å². The Hall–Kier alpha value is -1.20. The number of carbonyl (C=O) groups is 1. The van der Waals surface area contributed by atoms with Crippen molar-refractivity contribution in [2.75, 3.05) is 13.2 Å². The van der Waals surface area contributed by atoms with E-state index in [9.17, 15) is 4.79 Å². The summed E-state index contributed by atoms with van der Waals surface area (Å²) in [5.41, 5.74) is 0.243. The van der Waals surface area contributed by atoms with Crippen molar-refractivity contribution in [3.8, 4) is 0 Å². The van der Waals surface area contributed by atoms with Gasteiger partial charge in [-0.1, -0.05) is 11.6 Å². The molecule has 88 valence electrons. The molecule has 5 nitrogen and oxygen atoms in total. The molecule has 6 heteroatoms. The first kappa shape index (κ1) is 12.9. The summed E-state index contributed by atoms with van der Waals surface area (Å²) in [4.78, 5) is 19.3. The molecule has 0 aliphatic heterocycles. The van der Waals surface area contributed by atoms with Crippen LogP contribution in [0.5, 0.6) is 0 Å². The molecule has 0 spiro atoms. The second-order valence-electron chi connectivity index (χ2n) is 3.26. The van der Waals surface area contributed by atoms with Crippen molar-refractivity contribution in [2.24, 2.45) is 0 Å². The average Bonchev–Trinajstić information content (AvgIpc) is 2.27. The normalized spacial score (nSPS) is 12.2. The Morgan fingerprint density at radius 3 is 2.88 bits per heavy atom. The number of nitrogens with zero attached hydrogens (tertiary/aromatic N) is 2. The van der Waals surface area contributed by atoms with Crippen LogP contribution in [0, 0.1) is 0 Å². The van der Waals surface area contributed by atoms with E-state index in [4.69, 9.17) is 16.3 Å².